The van der Waals surface area contributed by atoms with Gasteiger partial charge in [-0.3, -0.25) is 4.99 Å². The number of methoxy groups -OCH3 is 3. The third-order valence-electron chi connectivity index (χ3n) is 6.00. The summed E-state index contributed by atoms with van der Waals surface area (Å²) in [5.41, 5.74) is 7.14. The van der Waals surface area contributed by atoms with Crippen LogP contribution in [0, 0.1) is 0 Å². The molecule has 5 heteroatoms. The highest BCUT2D eigenvalue weighted by molar-refractivity contribution is 6.16. The summed E-state index contributed by atoms with van der Waals surface area (Å²) in [4.78, 5) is 4.91. The molecule has 5 nitrogen and oxygen atoms in total. The fraction of sp³-hybridized carbons (Fsp3) is 0.423. The first-order valence-electron chi connectivity index (χ1n) is 11.0. The average molecular weight is 422 g/mol. The molecule has 1 aliphatic carbocycles. The highest BCUT2D eigenvalue weighted by Crippen LogP contribution is 2.45. The highest BCUT2D eigenvalue weighted by Gasteiger charge is 2.26. The number of nitrogens with zero attached hydrogens (tertiary/aromatic N) is 1. The van der Waals surface area contributed by atoms with Crippen molar-refractivity contribution in [3.63, 3.8) is 0 Å². The van der Waals surface area contributed by atoms with Crippen LogP contribution in [0.1, 0.15) is 48.4 Å². The SMILES string of the molecule is CCCCOc1ccc2c(c1)CCN=C2C1=Cc2cc(OC)c(OC)c(OC)c2CC1. The Kier molecular flexibility index (Phi) is 6.50. The summed E-state index contributed by atoms with van der Waals surface area (Å²) in [6.07, 6.45) is 7.17. The van der Waals surface area contributed by atoms with Crippen LogP contribution in [0.25, 0.3) is 6.08 Å². The third kappa shape index (κ3) is 4.14. The molecule has 164 valence electrons. The molecule has 0 aromatic heterocycles. The molecule has 4 rings (SSSR count). The molecule has 1 aliphatic heterocycles. The van der Waals surface area contributed by atoms with Gasteiger partial charge in [0.05, 0.1) is 33.6 Å². The zero-order valence-electron chi connectivity index (χ0n) is 18.9. The number of unbranched alkanes of at least 4 members (excludes halogenated alkanes) is 1. The largest absolute Gasteiger partial charge is 0.494 e. The zero-order valence-corrected chi connectivity index (χ0v) is 18.9. The van der Waals surface area contributed by atoms with E-state index in [1.165, 1.54) is 16.7 Å². The molecule has 2 aliphatic rings. The molecule has 0 atom stereocenters. The topological polar surface area (TPSA) is 49.3 Å². The maximum atomic E-state index is 5.92. The van der Waals surface area contributed by atoms with Gasteiger partial charge in [0.2, 0.25) is 5.75 Å². The number of rotatable bonds is 8. The predicted octanol–water partition coefficient (Wildman–Crippen LogP) is 5.27. The van der Waals surface area contributed by atoms with Gasteiger partial charge in [0.15, 0.2) is 11.5 Å². The van der Waals surface area contributed by atoms with Gasteiger partial charge >= 0.3 is 0 Å². The van der Waals surface area contributed by atoms with Crippen molar-refractivity contribution in [3.05, 3.63) is 52.1 Å². The third-order valence-corrected chi connectivity index (χ3v) is 6.00. The van der Waals surface area contributed by atoms with Crippen LogP contribution in [-0.2, 0) is 12.8 Å². The molecular weight excluding hydrogens is 390 g/mol. The van der Waals surface area contributed by atoms with Gasteiger partial charge in [0, 0.05) is 17.7 Å². The van der Waals surface area contributed by atoms with Crippen molar-refractivity contribution < 1.29 is 18.9 Å². The summed E-state index contributed by atoms with van der Waals surface area (Å²) in [6.45, 7) is 3.75. The molecule has 0 amide bonds. The van der Waals surface area contributed by atoms with E-state index in [0.29, 0.717) is 11.5 Å². The van der Waals surface area contributed by atoms with E-state index in [1.54, 1.807) is 21.3 Å². The van der Waals surface area contributed by atoms with Gasteiger partial charge in [-0.05, 0) is 72.7 Å². The number of benzene rings is 2. The Morgan fingerprint density at radius 1 is 0.935 bits per heavy atom. The maximum absolute atomic E-state index is 5.92. The van der Waals surface area contributed by atoms with Crippen LogP contribution < -0.4 is 18.9 Å². The highest BCUT2D eigenvalue weighted by atomic mass is 16.5. The summed E-state index contributed by atoms with van der Waals surface area (Å²) >= 11 is 0. The Bertz CT molecular complexity index is 1020. The normalized spacial score (nSPS) is 14.7. The molecule has 1 heterocycles. The smallest absolute Gasteiger partial charge is 0.203 e. The van der Waals surface area contributed by atoms with Crippen LogP contribution in [0.5, 0.6) is 23.0 Å². The summed E-state index contributed by atoms with van der Waals surface area (Å²) in [5.74, 6) is 3.04. The minimum Gasteiger partial charge on any atom is -0.494 e. The number of hydrogen-bond donors (Lipinski definition) is 0. The molecule has 0 unspecified atom stereocenters. The summed E-state index contributed by atoms with van der Waals surface area (Å²) in [5, 5.41) is 0. The van der Waals surface area contributed by atoms with Gasteiger partial charge in [0.25, 0.3) is 0 Å². The Morgan fingerprint density at radius 2 is 1.77 bits per heavy atom. The lowest BCUT2D eigenvalue weighted by atomic mass is 9.84. The van der Waals surface area contributed by atoms with Gasteiger partial charge in [-0.2, -0.15) is 0 Å². The molecule has 2 aromatic rings. The maximum Gasteiger partial charge on any atom is 0.203 e. The second-order valence-electron chi connectivity index (χ2n) is 7.88. The zero-order chi connectivity index (χ0) is 21.8. The molecule has 0 spiro atoms. The van der Waals surface area contributed by atoms with E-state index in [9.17, 15) is 0 Å². The van der Waals surface area contributed by atoms with Crippen molar-refractivity contribution in [2.75, 3.05) is 34.5 Å². The second-order valence-corrected chi connectivity index (χ2v) is 7.88. The Labute approximate surface area is 184 Å². The van der Waals surface area contributed by atoms with E-state index < -0.39 is 0 Å². The summed E-state index contributed by atoms with van der Waals surface area (Å²) < 4.78 is 22.7. The molecule has 0 saturated carbocycles. The van der Waals surface area contributed by atoms with E-state index in [2.05, 4.69) is 31.2 Å². The standard InChI is InChI=1S/C26H31NO4/c1-5-6-13-31-20-8-10-21-17(15-20)11-12-27-24(21)18-7-9-22-19(14-18)16-23(28-2)26(30-4)25(22)29-3/h8,10,14-16H,5-7,9,11-13H2,1-4H3. The first kappa shape index (κ1) is 21.3. The fourth-order valence-corrected chi connectivity index (χ4v) is 4.41. The molecule has 0 bridgehead atoms. The van der Waals surface area contributed by atoms with Gasteiger partial charge in [-0.25, -0.2) is 0 Å². The van der Waals surface area contributed by atoms with Crippen molar-refractivity contribution in [2.45, 2.75) is 39.0 Å². The molecule has 0 radical (unpaired) electrons. The van der Waals surface area contributed by atoms with Crippen LogP contribution in [0.3, 0.4) is 0 Å². The van der Waals surface area contributed by atoms with E-state index in [0.717, 1.165) is 73.6 Å². The van der Waals surface area contributed by atoms with Gasteiger partial charge < -0.3 is 18.9 Å². The van der Waals surface area contributed by atoms with Crippen LogP contribution in [-0.4, -0.2) is 40.2 Å². The number of fused-ring (bicyclic) bond motifs is 2. The molecular formula is C26H31NO4. The van der Waals surface area contributed by atoms with Crippen LogP contribution in [0.4, 0.5) is 0 Å². The first-order chi connectivity index (χ1) is 15.2. The molecule has 0 saturated heterocycles. The van der Waals surface area contributed by atoms with Crippen LogP contribution >= 0.6 is 0 Å². The number of hydrogen-bond acceptors (Lipinski definition) is 5. The lowest BCUT2D eigenvalue weighted by Gasteiger charge is -2.25. The monoisotopic (exact) mass is 421 g/mol. The lowest BCUT2D eigenvalue weighted by Crippen LogP contribution is -2.18. The van der Waals surface area contributed by atoms with Crippen LogP contribution in [0.2, 0.25) is 0 Å². The number of ether oxygens (including phenoxy) is 4. The molecule has 2 aromatic carbocycles. The minimum absolute atomic E-state index is 0.650. The van der Waals surface area contributed by atoms with Crippen molar-refractivity contribution >= 4 is 11.8 Å². The minimum atomic E-state index is 0.650. The van der Waals surface area contributed by atoms with E-state index in [1.807, 2.05) is 6.07 Å². The number of aliphatic imine (C=N–C) groups is 1. The van der Waals surface area contributed by atoms with Gasteiger partial charge in [-0.1, -0.05) is 13.3 Å². The first-order valence-corrected chi connectivity index (χ1v) is 11.0. The van der Waals surface area contributed by atoms with E-state index in [-0.39, 0.29) is 0 Å². The van der Waals surface area contributed by atoms with Crippen LogP contribution in [0.15, 0.2) is 34.8 Å². The molecule has 0 fully saturated rings. The Morgan fingerprint density at radius 3 is 2.52 bits per heavy atom. The van der Waals surface area contributed by atoms with E-state index >= 15 is 0 Å². The van der Waals surface area contributed by atoms with Crippen molar-refractivity contribution in [1.29, 1.82) is 0 Å². The van der Waals surface area contributed by atoms with Crippen molar-refractivity contribution in [1.82, 2.24) is 0 Å². The van der Waals surface area contributed by atoms with Gasteiger partial charge in [0.1, 0.15) is 5.75 Å². The van der Waals surface area contributed by atoms with Crippen molar-refractivity contribution in [3.8, 4) is 23.0 Å². The summed E-state index contributed by atoms with van der Waals surface area (Å²) in [7, 11) is 4.97. The quantitative estimate of drug-likeness (QED) is 0.545. The summed E-state index contributed by atoms with van der Waals surface area (Å²) in [6, 6.07) is 8.46. The Balaban J connectivity index is 1.68. The average Bonchev–Trinajstić information content (AvgIpc) is 2.81. The Hall–Kier alpha value is -2.95. The lowest BCUT2D eigenvalue weighted by molar-refractivity contribution is 0.309. The van der Waals surface area contributed by atoms with Gasteiger partial charge in [-0.15, -0.1) is 0 Å². The second kappa shape index (κ2) is 9.46. The molecule has 0 N–H and O–H groups in total. The van der Waals surface area contributed by atoms with E-state index in [4.69, 9.17) is 23.9 Å². The molecule has 31 heavy (non-hydrogen) atoms. The fourth-order valence-electron chi connectivity index (χ4n) is 4.41. The van der Waals surface area contributed by atoms with Crippen molar-refractivity contribution in [2.24, 2.45) is 4.99 Å². The predicted molar refractivity (Wildman–Crippen MR) is 124 cm³/mol. The number of allylic oxidation sites excluding steroid dienone is 1.